The van der Waals surface area contributed by atoms with Crippen molar-refractivity contribution in [2.45, 2.75) is 45.4 Å². The highest BCUT2D eigenvalue weighted by molar-refractivity contribution is 7.88. The molecule has 0 saturated carbocycles. The van der Waals surface area contributed by atoms with E-state index < -0.39 is 18.3 Å². The lowest BCUT2D eigenvalue weighted by atomic mass is 10.2. The van der Waals surface area contributed by atoms with Crippen LogP contribution < -0.4 is 10.5 Å². The maximum atomic E-state index is 13.4. The average Bonchev–Trinajstić information content (AvgIpc) is 2.79. The molecule has 36 heavy (non-hydrogen) atoms. The van der Waals surface area contributed by atoms with Gasteiger partial charge >= 0.3 is 0 Å². The summed E-state index contributed by atoms with van der Waals surface area (Å²) in [6, 6.07) is 6.03. The number of aromatic nitrogens is 2. The molecule has 198 valence electrons. The van der Waals surface area contributed by atoms with Crippen LogP contribution in [-0.2, 0) is 21.0 Å². The zero-order chi connectivity index (χ0) is 26.7. The van der Waals surface area contributed by atoms with Gasteiger partial charge < -0.3 is 13.9 Å². The van der Waals surface area contributed by atoms with Crippen molar-refractivity contribution in [2.75, 3.05) is 43.9 Å². The van der Waals surface area contributed by atoms with Crippen molar-refractivity contribution >= 4 is 30.2 Å². The van der Waals surface area contributed by atoms with Crippen LogP contribution in [0.5, 0.6) is 0 Å². The van der Waals surface area contributed by atoms with E-state index in [9.17, 15) is 17.6 Å². The van der Waals surface area contributed by atoms with Crippen molar-refractivity contribution < 1.29 is 17.2 Å². The highest BCUT2D eigenvalue weighted by atomic mass is 32.2. The van der Waals surface area contributed by atoms with E-state index in [1.165, 1.54) is 22.7 Å². The normalized spacial score (nSPS) is 16.1. The van der Waals surface area contributed by atoms with Crippen molar-refractivity contribution in [3.63, 3.8) is 0 Å². The SMILES string of the molecule is CC(C)(C)[Si](C)(C)OCC=Cc1cn(Cc2ccc(F)cc2)c(=O)c(N2CCN(S(C)(=O)=O)CC2)n1. The van der Waals surface area contributed by atoms with Crippen LogP contribution in [0.15, 0.2) is 41.3 Å². The highest BCUT2D eigenvalue weighted by Crippen LogP contribution is 2.36. The quantitative estimate of drug-likeness (QED) is 0.480. The lowest BCUT2D eigenvalue weighted by molar-refractivity contribution is 0.328. The maximum absolute atomic E-state index is 13.4. The molecule has 8 nitrogen and oxygen atoms in total. The first-order chi connectivity index (χ1) is 16.7. The minimum absolute atomic E-state index is 0.1000. The van der Waals surface area contributed by atoms with E-state index in [0.29, 0.717) is 38.5 Å². The first-order valence-electron chi connectivity index (χ1n) is 12.0. The van der Waals surface area contributed by atoms with E-state index >= 15 is 0 Å². The van der Waals surface area contributed by atoms with E-state index in [-0.39, 0.29) is 28.8 Å². The predicted molar refractivity (Wildman–Crippen MR) is 145 cm³/mol. The third-order valence-corrected chi connectivity index (χ3v) is 12.7. The van der Waals surface area contributed by atoms with Gasteiger partial charge in [-0.15, -0.1) is 0 Å². The molecule has 2 aromatic rings. The van der Waals surface area contributed by atoms with E-state index in [0.717, 1.165) is 5.56 Å². The van der Waals surface area contributed by atoms with Crippen molar-refractivity contribution in [3.8, 4) is 0 Å². The molecule has 1 aromatic carbocycles. The van der Waals surface area contributed by atoms with Gasteiger partial charge in [0.25, 0.3) is 5.56 Å². The van der Waals surface area contributed by atoms with E-state index in [1.807, 2.05) is 17.1 Å². The predicted octanol–water partition coefficient (Wildman–Crippen LogP) is 3.55. The molecular formula is C25H37FN4O4SSi. The van der Waals surface area contributed by atoms with E-state index in [2.05, 4.69) is 38.8 Å². The molecule has 3 rings (SSSR count). The second-order valence-electron chi connectivity index (χ2n) is 10.7. The largest absolute Gasteiger partial charge is 0.413 e. The Morgan fingerprint density at radius 2 is 1.72 bits per heavy atom. The Morgan fingerprint density at radius 3 is 2.28 bits per heavy atom. The number of benzene rings is 1. The Bertz CT molecular complexity index is 1250. The highest BCUT2D eigenvalue weighted by Gasteiger charge is 2.36. The molecule has 0 amide bonds. The van der Waals surface area contributed by atoms with Gasteiger partial charge in [-0.25, -0.2) is 17.8 Å². The summed E-state index contributed by atoms with van der Waals surface area (Å²) in [5.41, 5.74) is 1.10. The molecule has 0 bridgehead atoms. The molecule has 0 atom stereocenters. The molecule has 1 saturated heterocycles. The van der Waals surface area contributed by atoms with E-state index in [4.69, 9.17) is 4.43 Å². The van der Waals surface area contributed by atoms with Gasteiger partial charge in [0.05, 0.1) is 25.1 Å². The van der Waals surface area contributed by atoms with Gasteiger partial charge in [0.1, 0.15) is 5.82 Å². The average molecular weight is 537 g/mol. The van der Waals surface area contributed by atoms with Crippen LogP contribution in [0.2, 0.25) is 18.1 Å². The lowest BCUT2D eigenvalue weighted by Gasteiger charge is -2.35. The molecule has 1 fully saturated rings. The molecule has 0 N–H and O–H groups in total. The Labute approximate surface area is 214 Å². The number of sulfonamides is 1. The van der Waals surface area contributed by atoms with Gasteiger partial charge in [-0.2, -0.15) is 4.31 Å². The number of halogens is 1. The number of rotatable bonds is 8. The van der Waals surface area contributed by atoms with Crippen molar-refractivity contribution in [1.82, 2.24) is 13.9 Å². The zero-order valence-corrected chi connectivity index (χ0v) is 23.8. The first kappa shape index (κ1) is 28.2. The van der Waals surface area contributed by atoms with Crippen LogP contribution in [0.3, 0.4) is 0 Å². The molecule has 0 radical (unpaired) electrons. The van der Waals surface area contributed by atoms with Gasteiger partial charge in [0.2, 0.25) is 10.0 Å². The standard InChI is InChI=1S/C25H37FN4O4SSi/c1-25(2,3)36(5,6)34-17-7-8-22-19-29(18-20-9-11-21(26)12-10-20)24(31)23(27-22)28-13-15-30(16-14-28)35(4,32)33/h7-12,19H,13-18H2,1-6H3. The van der Waals surface area contributed by atoms with Gasteiger partial charge in [0.15, 0.2) is 14.1 Å². The van der Waals surface area contributed by atoms with Crippen molar-refractivity contribution in [2.24, 2.45) is 0 Å². The second-order valence-corrected chi connectivity index (χ2v) is 17.5. The summed E-state index contributed by atoms with van der Waals surface area (Å²) < 4.78 is 46.3. The smallest absolute Gasteiger partial charge is 0.293 e. The molecule has 1 aromatic heterocycles. The fourth-order valence-electron chi connectivity index (χ4n) is 3.61. The number of nitrogens with zero attached hydrogens (tertiary/aromatic N) is 4. The zero-order valence-electron chi connectivity index (χ0n) is 22.0. The van der Waals surface area contributed by atoms with E-state index in [1.54, 1.807) is 22.9 Å². The van der Waals surface area contributed by atoms with Crippen LogP contribution in [0, 0.1) is 5.82 Å². The second kappa shape index (κ2) is 11.0. The van der Waals surface area contributed by atoms with Crippen molar-refractivity contribution in [3.05, 3.63) is 64.0 Å². The summed E-state index contributed by atoms with van der Waals surface area (Å²) in [4.78, 5) is 19.8. The number of hydrogen-bond acceptors (Lipinski definition) is 6. The summed E-state index contributed by atoms with van der Waals surface area (Å²) in [5.74, 6) is -0.0617. The molecule has 0 spiro atoms. The molecule has 0 unspecified atom stereocenters. The topological polar surface area (TPSA) is 84.7 Å². The lowest BCUT2D eigenvalue weighted by Crippen LogP contribution is -2.50. The summed E-state index contributed by atoms with van der Waals surface area (Å²) in [7, 11) is -5.19. The Morgan fingerprint density at radius 1 is 1.11 bits per heavy atom. The number of anilines is 1. The molecule has 11 heteroatoms. The molecule has 2 heterocycles. The third-order valence-electron chi connectivity index (χ3n) is 6.88. The van der Waals surface area contributed by atoms with Crippen LogP contribution in [0.4, 0.5) is 10.2 Å². The fourth-order valence-corrected chi connectivity index (χ4v) is 5.38. The molecular weight excluding hydrogens is 499 g/mol. The van der Waals surface area contributed by atoms with Gasteiger partial charge in [0, 0.05) is 32.4 Å². The Hall–Kier alpha value is -2.34. The fraction of sp³-hybridized carbons (Fsp3) is 0.520. The number of piperazine rings is 1. The summed E-state index contributed by atoms with van der Waals surface area (Å²) in [5, 5.41) is 0.1000. The van der Waals surface area contributed by atoms with Gasteiger partial charge in [-0.3, -0.25) is 4.79 Å². The minimum Gasteiger partial charge on any atom is -0.413 e. The maximum Gasteiger partial charge on any atom is 0.293 e. The van der Waals surface area contributed by atoms with Crippen LogP contribution in [0.1, 0.15) is 32.0 Å². The minimum atomic E-state index is -3.29. The van der Waals surface area contributed by atoms with Crippen molar-refractivity contribution in [1.29, 1.82) is 0 Å². The van der Waals surface area contributed by atoms with Crippen LogP contribution in [-0.4, -0.2) is 69.6 Å². The van der Waals surface area contributed by atoms with Crippen LogP contribution >= 0.6 is 0 Å². The number of hydrogen-bond donors (Lipinski definition) is 0. The molecule has 0 aliphatic carbocycles. The van der Waals surface area contributed by atoms with Gasteiger partial charge in [-0.05, 0) is 41.9 Å². The monoisotopic (exact) mass is 536 g/mol. The summed E-state index contributed by atoms with van der Waals surface area (Å²) in [6.45, 7) is 13.0. The Balaban J connectivity index is 1.88. The third kappa shape index (κ3) is 7.12. The molecule has 1 aliphatic heterocycles. The molecule has 1 aliphatic rings. The first-order valence-corrected chi connectivity index (χ1v) is 16.8. The summed E-state index contributed by atoms with van der Waals surface area (Å²) >= 11 is 0. The van der Waals surface area contributed by atoms with Crippen LogP contribution in [0.25, 0.3) is 6.08 Å². The Kier molecular flexibility index (Phi) is 8.59. The van der Waals surface area contributed by atoms with Gasteiger partial charge in [-0.1, -0.05) is 39.0 Å². The summed E-state index contributed by atoms with van der Waals surface area (Å²) in [6.07, 6.45) is 6.61.